The molecule has 0 fully saturated rings. The quantitative estimate of drug-likeness (QED) is 0.312. The van der Waals surface area contributed by atoms with Crippen LogP contribution >= 0.6 is 12.4 Å². The second kappa shape index (κ2) is 13.3. The molecule has 30 heavy (non-hydrogen) atoms. The smallest absolute Gasteiger partial charge is 0.00773 e. The average Bonchev–Trinajstić information content (AvgIpc) is 2.76. The molecule has 1 nitrogen and oxygen atoms in total. The van der Waals surface area contributed by atoms with Crippen molar-refractivity contribution in [1.82, 2.24) is 0 Å². The van der Waals surface area contributed by atoms with Crippen molar-refractivity contribution in [2.75, 3.05) is 6.54 Å². The van der Waals surface area contributed by atoms with Crippen molar-refractivity contribution >= 4 is 12.4 Å². The van der Waals surface area contributed by atoms with Crippen LogP contribution in [0.15, 0.2) is 91.0 Å². The Hall–Kier alpha value is -2.09. The molecule has 0 bridgehead atoms. The van der Waals surface area contributed by atoms with Crippen molar-refractivity contribution in [3.63, 3.8) is 0 Å². The number of benzene rings is 3. The fraction of sp³-hybridized carbons (Fsp3) is 0.357. The van der Waals surface area contributed by atoms with Crippen molar-refractivity contribution in [1.29, 1.82) is 0 Å². The summed E-state index contributed by atoms with van der Waals surface area (Å²) in [5.74, 6) is 0. The third kappa shape index (κ3) is 7.97. The topological polar surface area (TPSA) is 26.0 Å². The molecule has 0 aliphatic heterocycles. The molecule has 0 atom stereocenters. The molecule has 3 aromatic carbocycles. The van der Waals surface area contributed by atoms with Gasteiger partial charge in [0, 0.05) is 0 Å². The standard InChI is InChI=1S/C28H35N.ClH/c29-21-13-2-1-12-20-28(22-25-14-6-3-7-15-25,23-26-16-8-4-9-17-26)24-27-18-10-5-11-19-27;/h3-11,14-19H,1-2,12-13,20-24,29H2;1H. The Bertz CT molecular complexity index is 700. The summed E-state index contributed by atoms with van der Waals surface area (Å²) in [7, 11) is 0. The first-order valence-electron chi connectivity index (χ1n) is 11.1. The van der Waals surface area contributed by atoms with Gasteiger partial charge in [-0.25, -0.2) is 0 Å². The Morgan fingerprint density at radius 2 is 0.867 bits per heavy atom. The summed E-state index contributed by atoms with van der Waals surface area (Å²) in [6, 6.07) is 33.1. The maximum atomic E-state index is 5.70. The molecule has 2 heteroatoms. The molecular weight excluding hydrogens is 386 g/mol. The number of unbranched alkanes of at least 4 members (excludes halogenated alkanes) is 3. The van der Waals surface area contributed by atoms with Crippen LogP contribution in [0.3, 0.4) is 0 Å². The van der Waals surface area contributed by atoms with Gasteiger partial charge in [0.1, 0.15) is 0 Å². The van der Waals surface area contributed by atoms with E-state index in [0.717, 1.165) is 32.2 Å². The Kier molecular flexibility index (Phi) is 10.7. The second-order valence-corrected chi connectivity index (χ2v) is 8.44. The lowest BCUT2D eigenvalue weighted by atomic mass is 9.69. The molecule has 0 radical (unpaired) electrons. The number of nitrogens with two attached hydrogens (primary N) is 1. The molecule has 3 aromatic rings. The van der Waals surface area contributed by atoms with Gasteiger partial charge < -0.3 is 5.73 Å². The molecule has 3 rings (SSSR count). The van der Waals surface area contributed by atoms with E-state index >= 15 is 0 Å². The van der Waals surface area contributed by atoms with Gasteiger partial charge in [0.15, 0.2) is 0 Å². The molecule has 0 amide bonds. The molecule has 0 aliphatic carbocycles. The predicted octanol–water partition coefficient (Wildman–Crippen LogP) is 7.03. The van der Waals surface area contributed by atoms with Crippen LogP contribution in [0.5, 0.6) is 0 Å². The number of hydrogen-bond donors (Lipinski definition) is 1. The lowest BCUT2D eigenvalue weighted by Crippen LogP contribution is -2.30. The van der Waals surface area contributed by atoms with Gasteiger partial charge in [0.05, 0.1) is 0 Å². The normalized spacial score (nSPS) is 11.1. The zero-order valence-electron chi connectivity index (χ0n) is 18.0. The Labute approximate surface area is 189 Å². The minimum absolute atomic E-state index is 0. The highest BCUT2D eigenvalue weighted by Crippen LogP contribution is 2.37. The highest BCUT2D eigenvalue weighted by molar-refractivity contribution is 5.85. The van der Waals surface area contributed by atoms with Crippen LogP contribution in [0.25, 0.3) is 0 Å². The zero-order valence-corrected chi connectivity index (χ0v) is 18.8. The van der Waals surface area contributed by atoms with Gasteiger partial charge >= 0.3 is 0 Å². The first-order valence-corrected chi connectivity index (χ1v) is 11.1. The lowest BCUT2D eigenvalue weighted by molar-refractivity contribution is 0.244. The summed E-state index contributed by atoms with van der Waals surface area (Å²) in [6.07, 6.45) is 9.54. The van der Waals surface area contributed by atoms with E-state index < -0.39 is 0 Å². The van der Waals surface area contributed by atoms with E-state index in [-0.39, 0.29) is 17.8 Å². The largest absolute Gasteiger partial charge is 0.330 e. The summed E-state index contributed by atoms with van der Waals surface area (Å²) in [4.78, 5) is 0. The van der Waals surface area contributed by atoms with E-state index in [1.807, 2.05) is 0 Å². The Morgan fingerprint density at radius 3 is 1.23 bits per heavy atom. The van der Waals surface area contributed by atoms with E-state index in [4.69, 9.17) is 5.73 Å². The van der Waals surface area contributed by atoms with Gasteiger partial charge in [-0.05, 0) is 60.8 Å². The molecule has 0 aliphatic rings. The van der Waals surface area contributed by atoms with Gasteiger partial charge in [-0.15, -0.1) is 12.4 Å². The van der Waals surface area contributed by atoms with Crippen LogP contribution < -0.4 is 5.73 Å². The number of rotatable bonds is 12. The van der Waals surface area contributed by atoms with Crippen molar-refractivity contribution in [2.24, 2.45) is 11.1 Å². The maximum absolute atomic E-state index is 5.70. The SMILES string of the molecule is Cl.NCCCCCCC(Cc1ccccc1)(Cc1ccccc1)Cc1ccccc1. The molecule has 160 valence electrons. The lowest BCUT2D eigenvalue weighted by Gasteiger charge is -2.35. The highest BCUT2D eigenvalue weighted by Gasteiger charge is 2.30. The van der Waals surface area contributed by atoms with E-state index in [9.17, 15) is 0 Å². The summed E-state index contributed by atoms with van der Waals surface area (Å²) in [6.45, 7) is 0.809. The maximum Gasteiger partial charge on any atom is -0.00773 e. The summed E-state index contributed by atoms with van der Waals surface area (Å²) in [5.41, 5.74) is 10.3. The van der Waals surface area contributed by atoms with Crippen molar-refractivity contribution < 1.29 is 0 Å². The molecule has 0 saturated heterocycles. The third-order valence-electron chi connectivity index (χ3n) is 5.93. The molecule has 2 N–H and O–H groups in total. The fourth-order valence-corrected chi connectivity index (χ4v) is 4.54. The van der Waals surface area contributed by atoms with Crippen LogP contribution in [0.1, 0.15) is 48.8 Å². The van der Waals surface area contributed by atoms with Crippen molar-refractivity contribution in [2.45, 2.75) is 51.4 Å². The summed E-state index contributed by atoms with van der Waals surface area (Å²) >= 11 is 0. The van der Waals surface area contributed by atoms with Crippen molar-refractivity contribution in [3.05, 3.63) is 108 Å². The predicted molar refractivity (Wildman–Crippen MR) is 132 cm³/mol. The first kappa shape index (κ1) is 24.2. The summed E-state index contributed by atoms with van der Waals surface area (Å²) in [5, 5.41) is 0. The zero-order chi connectivity index (χ0) is 20.2. The molecule has 0 saturated carbocycles. The van der Waals surface area contributed by atoms with E-state index in [2.05, 4.69) is 91.0 Å². The van der Waals surface area contributed by atoms with Gasteiger partial charge in [-0.3, -0.25) is 0 Å². The molecule has 0 spiro atoms. The molecule has 0 aromatic heterocycles. The van der Waals surface area contributed by atoms with Crippen molar-refractivity contribution in [3.8, 4) is 0 Å². The van der Waals surface area contributed by atoms with Crippen LogP contribution in [0.4, 0.5) is 0 Å². The van der Waals surface area contributed by atoms with Gasteiger partial charge in [-0.2, -0.15) is 0 Å². The summed E-state index contributed by atoms with van der Waals surface area (Å²) < 4.78 is 0. The van der Waals surface area contributed by atoms with E-state index in [1.165, 1.54) is 42.4 Å². The van der Waals surface area contributed by atoms with Crippen LogP contribution in [0, 0.1) is 5.41 Å². The van der Waals surface area contributed by atoms with E-state index in [0.29, 0.717) is 0 Å². The van der Waals surface area contributed by atoms with Gasteiger partial charge in [0.25, 0.3) is 0 Å². The Morgan fingerprint density at radius 1 is 0.500 bits per heavy atom. The molecule has 0 unspecified atom stereocenters. The monoisotopic (exact) mass is 421 g/mol. The molecule has 0 heterocycles. The third-order valence-corrected chi connectivity index (χ3v) is 5.93. The van der Waals surface area contributed by atoms with Crippen LogP contribution in [-0.2, 0) is 19.3 Å². The highest BCUT2D eigenvalue weighted by atomic mass is 35.5. The van der Waals surface area contributed by atoms with Gasteiger partial charge in [0.2, 0.25) is 0 Å². The average molecular weight is 422 g/mol. The molecular formula is C28H36ClN. The minimum Gasteiger partial charge on any atom is -0.330 e. The second-order valence-electron chi connectivity index (χ2n) is 8.44. The van der Waals surface area contributed by atoms with Crippen LogP contribution in [0.2, 0.25) is 0 Å². The van der Waals surface area contributed by atoms with Crippen LogP contribution in [-0.4, -0.2) is 6.54 Å². The number of halogens is 1. The van der Waals surface area contributed by atoms with Gasteiger partial charge in [-0.1, -0.05) is 110 Å². The fourth-order valence-electron chi connectivity index (χ4n) is 4.54. The number of hydrogen-bond acceptors (Lipinski definition) is 1. The van der Waals surface area contributed by atoms with E-state index in [1.54, 1.807) is 0 Å². The first-order chi connectivity index (χ1) is 14.3. The minimum atomic E-state index is 0. The Balaban J connectivity index is 0.00000320.